The van der Waals surface area contributed by atoms with Crippen molar-refractivity contribution in [3.05, 3.63) is 11.6 Å². The Morgan fingerprint density at radius 3 is 2.53 bits per heavy atom. The molecule has 1 aromatic carbocycles. The van der Waals surface area contributed by atoms with Crippen molar-refractivity contribution < 1.29 is 23.8 Å². The summed E-state index contributed by atoms with van der Waals surface area (Å²) >= 11 is 0. The molecule has 0 unspecified atom stereocenters. The Balaban J connectivity index is 2.94. The first-order chi connectivity index (χ1) is 9.04. The number of carbonyl (C=O) groups is 1. The molecular weight excluding hydrogens is 252 g/mol. The molecule has 0 aliphatic heterocycles. The van der Waals surface area contributed by atoms with Gasteiger partial charge in [-0.05, 0) is 0 Å². The summed E-state index contributed by atoms with van der Waals surface area (Å²) in [6, 6.07) is 1.50. The highest BCUT2D eigenvalue weighted by molar-refractivity contribution is 6.08. The Hall–Kier alpha value is -2.57. The SMILES string of the molecule is CNC(=O)c1c(O)c(OC)c2oc(N)cc2c1OC. The molecule has 102 valence electrons. The Morgan fingerprint density at radius 2 is 2.00 bits per heavy atom. The largest absolute Gasteiger partial charge is 0.504 e. The number of furan rings is 1. The molecule has 19 heavy (non-hydrogen) atoms. The third kappa shape index (κ3) is 1.79. The number of aromatic hydroxyl groups is 1. The van der Waals surface area contributed by atoms with Gasteiger partial charge in [-0.25, -0.2) is 0 Å². The van der Waals surface area contributed by atoms with Crippen molar-refractivity contribution in [1.29, 1.82) is 0 Å². The first-order valence-corrected chi connectivity index (χ1v) is 5.43. The molecule has 0 fully saturated rings. The molecule has 0 aliphatic carbocycles. The molecule has 0 aliphatic rings. The highest BCUT2D eigenvalue weighted by Gasteiger charge is 2.27. The van der Waals surface area contributed by atoms with Crippen molar-refractivity contribution >= 4 is 22.8 Å². The van der Waals surface area contributed by atoms with Crippen LogP contribution < -0.4 is 20.5 Å². The summed E-state index contributed by atoms with van der Waals surface area (Å²) in [5.74, 6) is -0.533. The number of rotatable bonds is 3. The average Bonchev–Trinajstić information content (AvgIpc) is 2.77. The van der Waals surface area contributed by atoms with Gasteiger partial charge in [0.25, 0.3) is 5.91 Å². The van der Waals surface area contributed by atoms with Crippen LogP contribution in [0.5, 0.6) is 17.2 Å². The number of benzene rings is 1. The molecule has 2 rings (SSSR count). The van der Waals surface area contributed by atoms with E-state index in [1.54, 1.807) is 0 Å². The van der Waals surface area contributed by atoms with E-state index in [1.807, 2.05) is 0 Å². The van der Waals surface area contributed by atoms with Gasteiger partial charge in [-0.15, -0.1) is 0 Å². The number of hydrogen-bond donors (Lipinski definition) is 3. The van der Waals surface area contributed by atoms with Crippen molar-refractivity contribution in [3.8, 4) is 17.2 Å². The van der Waals surface area contributed by atoms with Gasteiger partial charge in [-0.3, -0.25) is 4.79 Å². The first kappa shape index (κ1) is 12.9. The second-order valence-corrected chi connectivity index (χ2v) is 3.76. The van der Waals surface area contributed by atoms with Gasteiger partial charge in [0.05, 0.1) is 19.6 Å². The van der Waals surface area contributed by atoms with Crippen LogP contribution in [0.1, 0.15) is 10.4 Å². The lowest BCUT2D eigenvalue weighted by Crippen LogP contribution is -2.19. The third-order valence-electron chi connectivity index (χ3n) is 2.74. The van der Waals surface area contributed by atoms with Crippen molar-refractivity contribution in [2.45, 2.75) is 0 Å². The van der Waals surface area contributed by atoms with Crippen molar-refractivity contribution in [2.75, 3.05) is 27.0 Å². The number of amides is 1. The van der Waals surface area contributed by atoms with Crippen LogP contribution in [-0.2, 0) is 0 Å². The van der Waals surface area contributed by atoms with E-state index in [0.29, 0.717) is 5.39 Å². The molecule has 1 aromatic heterocycles. The zero-order chi connectivity index (χ0) is 14.2. The fourth-order valence-electron chi connectivity index (χ4n) is 1.95. The van der Waals surface area contributed by atoms with E-state index < -0.39 is 5.91 Å². The van der Waals surface area contributed by atoms with Crippen LogP contribution in [0.3, 0.4) is 0 Å². The summed E-state index contributed by atoms with van der Waals surface area (Å²) < 4.78 is 15.5. The van der Waals surface area contributed by atoms with Crippen molar-refractivity contribution in [1.82, 2.24) is 5.32 Å². The molecule has 1 heterocycles. The molecule has 7 nitrogen and oxygen atoms in total. The summed E-state index contributed by atoms with van der Waals surface area (Å²) in [6.07, 6.45) is 0. The van der Waals surface area contributed by atoms with Crippen molar-refractivity contribution in [3.63, 3.8) is 0 Å². The number of ether oxygens (including phenoxy) is 2. The number of hydrogen-bond acceptors (Lipinski definition) is 6. The molecule has 0 saturated heterocycles. The minimum atomic E-state index is -0.505. The predicted molar refractivity (Wildman–Crippen MR) is 68.8 cm³/mol. The molecule has 1 amide bonds. The second-order valence-electron chi connectivity index (χ2n) is 3.76. The van der Waals surface area contributed by atoms with Gasteiger partial charge in [0.2, 0.25) is 5.75 Å². The molecule has 0 saturated carbocycles. The van der Waals surface area contributed by atoms with E-state index in [1.165, 1.54) is 27.3 Å². The van der Waals surface area contributed by atoms with E-state index in [0.717, 1.165) is 0 Å². The number of anilines is 1. The number of carbonyl (C=O) groups excluding carboxylic acids is 1. The number of fused-ring (bicyclic) bond motifs is 1. The van der Waals surface area contributed by atoms with Gasteiger partial charge in [0, 0.05) is 13.1 Å². The predicted octanol–water partition coefficient (Wildman–Crippen LogP) is 1.10. The highest BCUT2D eigenvalue weighted by Crippen LogP contribution is 2.46. The van der Waals surface area contributed by atoms with Crippen LogP contribution >= 0.6 is 0 Å². The molecule has 2 aromatic rings. The zero-order valence-electron chi connectivity index (χ0n) is 10.7. The first-order valence-electron chi connectivity index (χ1n) is 5.43. The lowest BCUT2D eigenvalue weighted by molar-refractivity contribution is 0.0957. The highest BCUT2D eigenvalue weighted by atomic mass is 16.5. The van der Waals surface area contributed by atoms with Crippen LogP contribution in [0.15, 0.2) is 10.5 Å². The topological polar surface area (TPSA) is 107 Å². The zero-order valence-corrected chi connectivity index (χ0v) is 10.7. The van der Waals surface area contributed by atoms with Crippen LogP contribution in [0, 0.1) is 0 Å². The van der Waals surface area contributed by atoms with Crippen LogP contribution in [0.4, 0.5) is 5.88 Å². The molecule has 7 heteroatoms. The molecular formula is C12H14N2O5. The van der Waals surface area contributed by atoms with E-state index in [-0.39, 0.29) is 34.3 Å². The maximum atomic E-state index is 11.9. The lowest BCUT2D eigenvalue weighted by Gasteiger charge is -2.13. The van der Waals surface area contributed by atoms with Crippen LogP contribution in [-0.4, -0.2) is 32.3 Å². The van der Waals surface area contributed by atoms with Gasteiger partial charge in [0.1, 0.15) is 11.3 Å². The Labute approximate surface area is 108 Å². The number of phenolic OH excluding ortho intramolecular Hbond substituents is 1. The fourth-order valence-corrected chi connectivity index (χ4v) is 1.95. The van der Waals surface area contributed by atoms with Crippen LogP contribution in [0.2, 0.25) is 0 Å². The van der Waals surface area contributed by atoms with Crippen LogP contribution in [0.25, 0.3) is 11.0 Å². The Kier molecular flexibility index (Phi) is 3.12. The molecule has 0 bridgehead atoms. The minimum Gasteiger partial charge on any atom is -0.504 e. The van der Waals surface area contributed by atoms with E-state index >= 15 is 0 Å². The maximum Gasteiger partial charge on any atom is 0.258 e. The second kappa shape index (κ2) is 4.60. The standard InChI is InChI=1S/C12H14N2O5/c1-14-12(16)7-8(15)11(18-3)10-5(9(7)17-2)4-6(13)19-10/h4,15H,13H2,1-3H3,(H,14,16). The summed E-state index contributed by atoms with van der Waals surface area (Å²) in [4.78, 5) is 11.9. The van der Waals surface area contributed by atoms with Gasteiger partial charge in [0.15, 0.2) is 17.2 Å². The van der Waals surface area contributed by atoms with Gasteiger partial charge in [-0.1, -0.05) is 0 Å². The van der Waals surface area contributed by atoms with E-state index in [2.05, 4.69) is 5.32 Å². The van der Waals surface area contributed by atoms with E-state index in [9.17, 15) is 9.90 Å². The summed E-state index contributed by atoms with van der Waals surface area (Å²) in [5, 5.41) is 13.0. The number of phenols is 1. The van der Waals surface area contributed by atoms with Gasteiger partial charge >= 0.3 is 0 Å². The number of nitrogen functional groups attached to an aromatic ring is 1. The normalized spacial score (nSPS) is 10.5. The number of nitrogens with two attached hydrogens (primary N) is 1. The lowest BCUT2D eigenvalue weighted by atomic mass is 10.1. The minimum absolute atomic E-state index is 0.0323. The summed E-state index contributed by atoms with van der Waals surface area (Å²) in [6.45, 7) is 0. The third-order valence-corrected chi connectivity index (χ3v) is 2.74. The van der Waals surface area contributed by atoms with Crippen molar-refractivity contribution in [2.24, 2.45) is 0 Å². The molecule has 0 atom stereocenters. The molecule has 0 spiro atoms. The Morgan fingerprint density at radius 1 is 1.37 bits per heavy atom. The summed E-state index contributed by atoms with van der Waals surface area (Å²) in [7, 11) is 4.19. The van der Waals surface area contributed by atoms with Gasteiger partial charge in [-0.2, -0.15) is 0 Å². The smallest absolute Gasteiger partial charge is 0.258 e. The number of methoxy groups -OCH3 is 2. The Bertz CT molecular complexity index is 647. The monoisotopic (exact) mass is 266 g/mol. The van der Waals surface area contributed by atoms with E-state index in [4.69, 9.17) is 19.6 Å². The molecule has 4 N–H and O–H groups in total. The maximum absolute atomic E-state index is 11.9. The summed E-state index contributed by atoms with van der Waals surface area (Å²) in [5.41, 5.74) is 5.78. The quantitative estimate of drug-likeness (QED) is 0.767. The van der Waals surface area contributed by atoms with Gasteiger partial charge < -0.3 is 30.0 Å². The number of nitrogens with one attached hydrogen (secondary N) is 1. The average molecular weight is 266 g/mol. The molecule has 0 radical (unpaired) electrons. The fraction of sp³-hybridized carbons (Fsp3) is 0.250.